The van der Waals surface area contributed by atoms with E-state index in [1.807, 2.05) is 25.1 Å². The lowest BCUT2D eigenvalue weighted by Gasteiger charge is -2.34. The first-order valence-electron chi connectivity index (χ1n) is 11.2. The number of amides is 1. The molecule has 0 saturated heterocycles. The van der Waals surface area contributed by atoms with Crippen LogP contribution in [0.3, 0.4) is 0 Å². The SMILES string of the molecule is CCOc1ccc2ccccc2c1[C@H]1NC(=O)c2c(sc3c2CC[C@H](C(C)(C)C)C3)N1. The fourth-order valence-corrected chi connectivity index (χ4v) is 6.39. The van der Waals surface area contributed by atoms with E-state index in [0.717, 1.165) is 51.9 Å². The van der Waals surface area contributed by atoms with Crippen LogP contribution in [0.5, 0.6) is 5.75 Å². The molecule has 1 aliphatic carbocycles. The number of carbonyl (C=O) groups excluding carboxylic acids is 1. The first kappa shape index (κ1) is 20.4. The molecule has 5 rings (SSSR count). The van der Waals surface area contributed by atoms with E-state index in [0.29, 0.717) is 12.5 Å². The summed E-state index contributed by atoms with van der Waals surface area (Å²) < 4.78 is 5.97. The molecule has 2 aromatic carbocycles. The molecule has 0 fully saturated rings. The maximum absolute atomic E-state index is 13.3. The van der Waals surface area contributed by atoms with Gasteiger partial charge in [0.15, 0.2) is 0 Å². The van der Waals surface area contributed by atoms with Gasteiger partial charge in [0, 0.05) is 10.4 Å². The second-order valence-electron chi connectivity index (χ2n) is 9.70. The molecule has 2 heterocycles. The van der Waals surface area contributed by atoms with Crippen LogP contribution < -0.4 is 15.4 Å². The number of benzene rings is 2. The van der Waals surface area contributed by atoms with Gasteiger partial charge in [0.25, 0.3) is 5.91 Å². The Kier molecular flexibility index (Phi) is 4.97. The van der Waals surface area contributed by atoms with E-state index in [4.69, 9.17) is 4.74 Å². The van der Waals surface area contributed by atoms with Crippen LogP contribution in [0.4, 0.5) is 5.00 Å². The van der Waals surface area contributed by atoms with Gasteiger partial charge in [0.2, 0.25) is 0 Å². The molecule has 0 unspecified atom stereocenters. The van der Waals surface area contributed by atoms with Gasteiger partial charge in [-0.3, -0.25) is 4.79 Å². The zero-order valence-corrected chi connectivity index (χ0v) is 19.5. The molecule has 0 spiro atoms. The minimum absolute atomic E-state index is 0.0286. The number of hydrogen-bond donors (Lipinski definition) is 2. The fourth-order valence-electron chi connectivity index (χ4n) is 5.04. The molecule has 162 valence electrons. The van der Waals surface area contributed by atoms with E-state index in [9.17, 15) is 4.79 Å². The molecule has 0 radical (unpaired) electrons. The van der Waals surface area contributed by atoms with Gasteiger partial charge in [-0.25, -0.2) is 0 Å². The van der Waals surface area contributed by atoms with Crippen LogP contribution in [0.25, 0.3) is 10.8 Å². The number of carbonyl (C=O) groups is 1. The molecule has 5 heteroatoms. The van der Waals surface area contributed by atoms with Gasteiger partial charge in [-0.05, 0) is 59.9 Å². The smallest absolute Gasteiger partial charge is 0.256 e. The molecule has 3 aromatic rings. The summed E-state index contributed by atoms with van der Waals surface area (Å²) >= 11 is 1.77. The van der Waals surface area contributed by atoms with E-state index >= 15 is 0 Å². The van der Waals surface area contributed by atoms with E-state index in [-0.39, 0.29) is 17.5 Å². The predicted molar refractivity (Wildman–Crippen MR) is 128 cm³/mol. The van der Waals surface area contributed by atoms with Crippen molar-refractivity contribution in [3.8, 4) is 5.75 Å². The summed E-state index contributed by atoms with van der Waals surface area (Å²) in [6.07, 6.45) is 2.88. The molecule has 2 N–H and O–H groups in total. The number of fused-ring (bicyclic) bond motifs is 4. The van der Waals surface area contributed by atoms with Crippen molar-refractivity contribution in [1.29, 1.82) is 0 Å². The Labute approximate surface area is 188 Å². The summed E-state index contributed by atoms with van der Waals surface area (Å²) in [5.74, 6) is 1.50. The first-order valence-corrected chi connectivity index (χ1v) is 12.0. The molecule has 0 bridgehead atoms. The number of thiophene rings is 1. The van der Waals surface area contributed by atoms with Crippen molar-refractivity contribution in [2.24, 2.45) is 11.3 Å². The molecular weight excluding hydrogens is 404 g/mol. The summed E-state index contributed by atoms with van der Waals surface area (Å²) in [6.45, 7) is 9.55. The van der Waals surface area contributed by atoms with Crippen molar-refractivity contribution in [2.45, 2.75) is 53.1 Å². The Balaban J connectivity index is 1.55. The summed E-state index contributed by atoms with van der Waals surface area (Å²) in [4.78, 5) is 14.7. The highest BCUT2D eigenvalue weighted by Crippen LogP contribution is 2.47. The van der Waals surface area contributed by atoms with Gasteiger partial charge >= 0.3 is 0 Å². The molecular formula is C26H30N2O2S. The van der Waals surface area contributed by atoms with E-state index < -0.39 is 0 Å². The highest BCUT2D eigenvalue weighted by Gasteiger charge is 2.37. The highest BCUT2D eigenvalue weighted by atomic mass is 32.1. The second-order valence-corrected chi connectivity index (χ2v) is 10.8. The monoisotopic (exact) mass is 434 g/mol. The lowest BCUT2D eigenvalue weighted by molar-refractivity contribution is 0.0934. The highest BCUT2D eigenvalue weighted by molar-refractivity contribution is 7.16. The van der Waals surface area contributed by atoms with Crippen LogP contribution in [0.1, 0.15) is 66.6 Å². The van der Waals surface area contributed by atoms with Crippen molar-refractivity contribution in [3.63, 3.8) is 0 Å². The molecule has 1 amide bonds. The van der Waals surface area contributed by atoms with Gasteiger partial charge in [0.05, 0.1) is 12.2 Å². The van der Waals surface area contributed by atoms with Crippen LogP contribution in [0, 0.1) is 11.3 Å². The predicted octanol–water partition coefficient (Wildman–Crippen LogP) is 6.31. The van der Waals surface area contributed by atoms with Gasteiger partial charge in [-0.15, -0.1) is 11.3 Å². The number of nitrogens with one attached hydrogen (secondary N) is 2. The third-order valence-corrected chi connectivity index (χ3v) is 7.97. The van der Waals surface area contributed by atoms with Crippen LogP contribution in [-0.2, 0) is 12.8 Å². The topological polar surface area (TPSA) is 50.4 Å². The van der Waals surface area contributed by atoms with Crippen molar-refractivity contribution < 1.29 is 9.53 Å². The largest absolute Gasteiger partial charge is 0.493 e. The van der Waals surface area contributed by atoms with E-state index in [1.165, 1.54) is 10.4 Å². The van der Waals surface area contributed by atoms with Crippen LogP contribution >= 0.6 is 11.3 Å². The van der Waals surface area contributed by atoms with E-state index in [1.54, 1.807) is 11.3 Å². The Morgan fingerprint density at radius 2 is 1.94 bits per heavy atom. The molecule has 2 aliphatic rings. The summed E-state index contributed by atoms with van der Waals surface area (Å²) in [5, 5.41) is 10.1. The number of rotatable bonds is 3. The molecule has 31 heavy (non-hydrogen) atoms. The van der Waals surface area contributed by atoms with Gasteiger partial charge in [-0.2, -0.15) is 0 Å². The van der Waals surface area contributed by atoms with Crippen LogP contribution in [0.2, 0.25) is 0 Å². The van der Waals surface area contributed by atoms with E-state index in [2.05, 4.69) is 49.6 Å². The third kappa shape index (κ3) is 3.49. The molecule has 4 nitrogen and oxygen atoms in total. The lowest BCUT2D eigenvalue weighted by Crippen LogP contribution is -2.38. The Morgan fingerprint density at radius 1 is 1.13 bits per heavy atom. The zero-order chi connectivity index (χ0) is 21.8. The van der Waals surface area contributed by atoms with Crippen LogP contribution in [-0.4, -0.2) is 12.5 Å². The summed E-state index contributed by atoms with van der Waals surface area (Å²) in [7, 11) is 0. The number of anilines is 1. The normalized spacial score (nSPS) is 20.6. The van der Waals surface area contributed by atoms with Crippen LogP contribution in [0.15, 0.2) is 36.4 Å². The van der Waals surface area contributed by atoms with Crippen molar-refractivity contribution in [1.82, 2.24) is 5.32 Å². The van der Waals surface area contributed by atoms with Gasteiger partial charge in [0.1, 0.15) is 16.9 Å². The summed E-state index contributed by atoms with van der Waals surface area (Å²) in [6, 6.07) is 12.4. The minimum atomic E-state index is -0.314. The fraction of sp³-hybridized carbons (Fsp3) is 0.423. The zero-order valence-electron chi connectivity index (χ0n) is 18.7. The average molecular weight is 435 g/mol. The molecule has 1 aromatic heterocycles. The van der Waals surface area contributed by atoms with Crippen molar-refractivity contribution in [2.75, 3.05) is 11.9 Å². The standard InChI is InChI=1S/C26H30N2O2S/c1-5-30-19-13-10-15-8-6-7-9-17(15)21(19)23-27-24(29)22-18-12-11-16(26(2,3)4)14-20(18)31-25(22)28-23/h6-10,13,16,23,28H,5,11-12,14H2,1-4H3,(H,27,29)/t16-,23-/m0/s1. The molecule has 0 saturated carbocycles. The number of hydrogen-bond acceptors (Lipinski definition) is 4. The molecule has 2 atom stereocenters. The summed E-state index contributed by atoms with van der Waals surface area (Å²) in [5.41, 5.74) is 3.40. The minimum Gasteiger partial charge on any atom is -0.493 e. The van der Waals surface area contributed by atoms with Gasteiger partial charge < -0.3 is 15.4 Å². The van der Waals surface area contributed by atoms with Gasteiger partial charge in [-0.1, -0.05) is 51.1 Å². The maximum Gasteiger partial charge on any atom is 0.256 e. The van der Waals surface area contributed by atoms with Crippen molar-refractivity contribution in [3.05, 3.63) is 58.0 Å². The first-order chi connectivity index (χ1) is 14.9. The lowest BCUT2D eigenvalue weighted by atomic mass is 9.72. The maximum atomic E-state index is 13.3. The second kappa shape index (κ2) is 7.56. The quantitative estimate of drug-likeness (QED) is 0.508. The Bertz CT molecular complexity index is 1160. The van der Waals surface area contributed by atoms with Crippen molar-refractivity contribution >= 4 is 33.0 Å². The average Bonchev–Trinajstić information content (AvgIpc) is 3.11. The Morgan fingerprint density at radius 3 is 2.71 bits per heavy atom. The molecule has 1 aliphatic heterocycles. The number of ether oxygens (including phenoxy) is 1. The third-order valence-electron chi connectivity index (χ3n) is 6.79. The Hall–Kier alpha value is -2.53.